The number of esters is 2. The molecule has 1 aliphatic rings. The van der Waals surface area contributed by atoms with Gasteiger partial charge in [0.2, 0.25) is 5.82 Å². The van der Waals surface area contributed by atoms with Crippen LogP contribution in [-0.2, 0) is 37.8 Å². The Kier molecular flexibility index (Phi) is 5.81. The molecule has 0 saturated carbocycles. The minimum atomic E-state index is -1.90. The highest BCUT2D eigenvalue weighted by Crippen LogP contribution is 2.35. The summed E-state index contributed by atoms with van der Waals surface area (Å²) in [5.74, 6) is -2.47. The lowest BCUT2D eigenvalue weighted by molar-refractivity contribution is -0.189. The highest BCUT2D eigenvalue weighted by molar-refractivity contribution is 6.02. The predicted octanol–water partition coefficient (Wildman–Crippen LogP) is 1.91. The Morgan fingerprint density at radius 2 is 2.03 bits per heavy atom. The van der Waals surface area contributed by atoms with Crippen molar-refractivity contribution in [2.45, 2.75) is 39.0 Å². The molecule has 9 heteroatoms. The summed E-state index contributed by atoms with van der Waals surface area (Å²) in [6.45, 7) is 6.03. The molecule has 2 heterocycles. The molecule has 9 nitrogen and oxygen atoms in total. The van der Waals surface area contributed by atoms with E-state index < -0.39 is 29.0 Å². The summed E-state index contributed by atoms with van der Waals surface area (Å²) in [5, 5.41) is 2.67. The normalized spacial score (nSPS) is 17.5. The number of benzene rings is 1. The summed E-state index contributed by atoms with van der Waals surface area (Å²) in [4.78, 5) is 54.7. The van der Waals surface area contributed by atoms with E-state index in [1.165, 1.54) is 6.08 Å². The molecule has 1 atom stereocenters. The summed E-state index contributed by atoms with van der Waals surface area (Å²) >= 11 is 0. The first kappa shape index (κ1) is 21.0. The summed E-state index contributed by atoms with van der Waals surface area (Å²) in [5.41, 5.74) is -2.00. The first-order valence-corrected chi connectivity index (χ1v) is 9.32. The van der Waals surface area contributed by atoms with Crippen LogP contribution in [0, 0.1) is 0 Å². The van der Waals surface area contributed by atoms with Gasteiger partial charge < -0.3 is 14.8 Å². The first-order valence-electron chi connectivity index (χ1n) is 9.32. The molecule has 1 aromatic carbocycles. The maximum atomic E-state index is 13.1. The topological polar surface area (TPSA) is 117 Å². The van der Waals surface area contributed by atoms with Gasteiger partial charge in [0.15, 0.2) is 0 Å². The second kappa shape index (κ2) is 8.32. The maximum absolute atomic E-state index is 13.1. The van der Waals surface area contributed by atoms with Gasteiger partial charge in [0.1, 0.15) is 12.3 Å². The van der Waals surface area contributed by atoms with Crippen LogP contribution < -0.4 is 10.9 Å². The first-order chi connectivity index (χ1) is 14.3. The van der Waals surface area contributed by atoms with Crippen LogP contribution in [0.1, 0.15) is 42.1 Å². The molecule has 0 saturated heterocycles. The van der Waals surface area contributed by atoms with Crippen LogP contribution >= 0.6 is 0 Å². The van der Waals surface area contributed by atoms with E-state index in [1.807, 2.05) is 0 Å². The highest BCUT2D eigenvalue weighted by Gasteiger charge is 2.51. The number of hydrogen-bond acceptors (Lipinski definition) is 7. The number of carbonyl (C=O) groups excluding carboxylic acids is 3. The number of fused-ring (bicyclic) bond motifs is 1. The van der Waals surface area contributed by atoms with Crippen LogP contribution in [0.5, 0.6) is 0 Å². The predicted molar refractivity (Wildman–Crippen MR) is 107 cm³/mol. The fraction of sp³-hybridized carbons (Fsp3) is 0.286. The zero-order valence-electron chi connectivity index (χ0n) is 16.6. The minimum Gasteiger partial charge on any atom is -0.457 e. The Hall–Kier alpha value is -3.75. The number of rotatable bonds is 6. The van der Waals surface area contributed by atoms with Crippen molar-refractivity contribution in [1.82, 2.24) is 9.55 Å². The average Bonchev–Trinajstić information content (AvgIpc) is 2.72. The van der Waals surface area contributed by atoms with E-state index in [1.54, 1.807) is 37.3 Å². The van der Waals surface area contributed by atoms with Crippen molar-refractivity contribution in [3.05, 3.63) is 70.4 Å². The van der Waals surface area contributed by atoms with E-state index in [9.17, 15) is 19.2 Å². The monoisotopic (exact) mass is 411 g/mol. The molecule has 1 N–H and O–H groups in total. The maximum Gasteiger partial charge on any atom is 0.357 e. The summed E-state index contributed by atoms with van der Waals surface area (Å²) in [6, 6.07) is 8.63. The van der Waals surface area contributed by atoms with E-state index in [4.69, 9.17) is 9.47 Å². The lowest BCUT2D eigenvalue weighted by Gasteiger charge is -2.34. The summed E-state index contributed by atoms with van der Waals surface area (Å²) in [6.07, 6.45) is 1.43. The molecule has 0 aliphatic carbocycles. The largest absolute Gasteiger partial charge is 0.457 e. The Morgan fingerprint density at radius 1 is 1.33 bits per heavy atom. The number of para-hydroxylation sites is 1. The number of hydrogen-bond donors (Lipinski definition) is 1. The van der Waals surface area contributed by atoms with Crippen LogP contribution in [0.25, 0.3) is 0 Å². The van der Waals surface area contributed by atoms with Gasteiger partial charge in [0.25, 0.3) is 17.1 Å². The van der Waals surface area contributed by atoms with Gasteiger partial charge in [-0.3, -0.25) is 19.0 Å². The third-order valence-electron chi connectivity index (χ3n) is 4.68. The Morgan fingerprint density at radius 3 is 2.63 bits per heavy atom. The molecule has 0 radical (unpaired) electrons. The average molecular weight is 411 g/mol. The van der Waals surface area contributed by atoms with Crippen LogP contribution in [0.3, 0.4) is 0 Å². The number of ether oxygens (including phenoxy) is 2. The van der Waals surface area contributed by atoms with Gasteiger partial charge in [-0.1, -0.05) is 31.2 Å². The van der Waals surface area contributed by atoms with Gasteiger partial charge in [-0.15, -0.1) is 6.58 Å². The number of nitrogens with zero attached hydrogens (tertiary/aromatic N) is 2. The zero-order valence-corrected chi connectivity index (χ0v) is 16.6. The number of allylic oxidation sites excluding steroid dienone is 1. The molecule has 0 bridgehead atoms. The molecule has 2 aromatic rings. The molecule has 3 rings (SSSR count). The van der Waals surface area contributed by atoms with E-state index in [0.29, 0.717) is 5.69 Å². The molecule has 0 unspecified atom stereocenters. The van der Waals surface area contributed by atoms with Gasteiger partial charge in [0.05, 0.1) is 5.56 Å². The summed E-state index contributed by atoms with van der Waals surface area (Å²) in [7, 11) is 0. The van der Waals surface area contributed by atoms with E-state index in [2.05, 4.69) is 16.9 Å². The van der Waals surface area contributed by atoms with Crippen molar-refractivity contribution in [2.24, 2.45) is 0 Å². The number of cyclic esters (lactones) is 1. The van der Waals surface area contributed by atoms with Crippen molar-refractivity contribution in [2.75, 3.05) is 5.32 Å². The van der Waals surface area contributed by atoms with E-state index in [0.717, 1.165) is 11.5 Å². The quantitative estimate of drug-likeness (QED) is 0.570. The fourth-order valence-corrected chi connectivity index (χ4v) is 3.31. The molecule has 1 aliphatic heterocycles. The van der Waals surface area contributed by atoms with Crippen molar-refractivity contribution >= 4 is 23.5 Å². The number of amides is 1. The second-order valence-corrected chi connectivity index (χ2v) is 6.64. The molecule has 1 aromatic heterocycles. The van der Waals surface area contributed by atoms with Crippen molar-refractivity contribution < 1.29 is 23.9 Å². The minimum absolute atomic E-state index is 0.0112. The van der Waals surface area contributed by atoms with E-state index in [-0.39, 0.29) is 36.7 Å². The number of nitrogens with one attached hydrogen (secondary N) is 1. The molecular weight excluding hydrogens is 390 g/mol. The van der Waals surface area contributed by atoms with Crippen LogP contribution in [-0.4, -0.2) is 27.4 Å². The van der Waals surface area contributed by atoms with Crippen LogP contribution in [0.15, 0.2) is 47.8 Å². The van der Waals surface area contributed by atoms with E-state index >= 15 is 0 Å². The van der Waals surface area contributed by atoms with Crippen molar-refractivity contribution in [3.63, 3.8) is 0 Å². The van der Waals surface area contributed by atoms with Gasteiger partial charge in [-0.05, 0) is 12.1 Å². The van der Waals surface area contributed by atoms with Crippen LogP contribution in [0.4, 0.5) is 5.69 Å². The SMILES string of the molecule is C=CCn1c(C(=O)Nc2ccccc2)nc2c(c1=O)COC(=O)[C@@]2(CC)OC(C)=O. The third kappa shape index (κ3) is 3.61. The lowest BCUT2D eigenvalue weighted by Crippen LogP contribution is -2.49. The molecule has 156 valence electrons. The second-order valence-electron chi connectivity index (χ2n) is 6.64. The molecule has 30 heavy (non-hydrogen) atoms. The molecule has 1 amide bonds. The smallest absolute Gasteiger partial charge is 0.357 e. The van der Waals surface area contributed by atoms with Crippen molar-refractivity contribution in [3.8, 4) is 0 Å². The zero-order chi connectivity index (χ0) is 21.9. The van der Waals surface area contributed by atoms with Crippen molar-refractivity contribution in [1.29, 1.82) is 0 Å². The van der Waals surface area contributed by atoms with Gasteiger partial charge in [0, 0.05) is 25.6 Å². The number of carbonyl (C=O) groups is 3. The van der Waals surface area contributed by atoms with Gasteiger partial charge >= 0.3 is 11.9 Å². The standard InChI is InChI=1S/C21H21N3O6/c1-4-11-24-17(18(26)22-14-9-7-6-8-10-14)23-16-15(19(24)27)12-29-20(28)21(16,5-2)30-13(3)25/h4,6-10H,1,5,11-12H2,2-3H3,(H,22,26)/t21-/m0/s1. The molecule has 0 fully saturated rings. The highest BCUT2D eigenvalue weighted by atomic mass is 16.6. The fourth-order valence-electron chi connectivity index (χ4n) is 3.31. The Bertz CT molecular complexity index is 1080. The van der Waals surface area contributed by atoms with Crippen LogP contribution in [0.2, 0.25) is 0 Å². The molecular formula is C21H21N3O6. The number of anilines is 1. The molecule has 0 spiro atoms. The van der Waals surface area contributed by atoms with Gasteiger partial charge in [-0.25, -0.2) is 9.78 Å². The summed E-state index contributed by atoms with van der Waals surface area (Å²) < 4.78 is 11.6. The lowest BCUT2D eigenvalue weighted by atomic mass is 9.90. The van der Waals surface area contributed by atoms with Gasteiger partial charge in [-0.2, -0.15) is 0 Å². The Balaban J connectivity index is 2.22. The number of aromatic nitrogens is 2. The third-order valence-corrected chi connectivity index (χ3v) is 4.68. The Labute approximate surface area is 172 Å².